The summed E-state index contributed by atoms with van der Waals surface area (Å²) < 4.78 is 0. The van der Waals surface area contributed by atoms with Crippen molar-refractivity contribution in [3.8, 4) is 0 Å². The lowest BCUT2D eigenvalue weighted by atomic mass is 10.1. The van der Waals surface area contributed by atoms with Crippen molar-refractivity contribution in [2.45, 2.75) is 51.4 Å². The van der Waals surface area contributed by atoms with Gasteiger partial charge in [0.25, 0.3) is 0 Å². The molecule has 0 bridgehead atoms. The van der Waals surface area contributed by atoms with Gasteiger partial charge in [0.05, 0.1) is 0 Å². The van der Waals surface area contributed by atoms with E-state index in [0.29, 0.717) is 6.42 Å². The summed E-state index contributed by atoms with van der Waals surface area (Å²) in [5.74, 6) is 0.0756. The number of carbonyl (C=O) groups excluding carboxylic acids is 1. The molecule has 0 aromatic carbocycles. The second-order valence-electron chi connectivity index (χ2n) is 3.49. The molecule has 0 fully saturated rings. The van der Waals surface area contributed by atoms with Gasteiger partial charge in [-0.05, 0) is 19.3 Å². The highest BCUT2D eigenvalue weighted by Gasteiger charge is 1.93. The fraction of sp³-hybridized carbons (Fsp3) is 0.667. The average molecular weight is 181 g/mol. The third-order valence-corrected chi connectivity index (χ3v) is 2.11. The van der Waals surface area contributed by atoms with E-state index in [0.717, 1.165) is 12.8 Å². The van der Waals surface area contributed by atoms with Gasteiger partial charge in [-0.2, -0.15) is 0 Å². The summed E-state index contributed by atoms with van der Waals surface area (Å²) in [5, 5.41) is 0. The molecule has 0 rings (SSSR count). The zero-order valence-electron chi connectivity index (χ0n) is 8.56. The standard InChI is InChI=1S/C12H21O/c1-3-4-5-6-7-8-9-10-11-12(2)13/h3H,1-2,4-11H2. The van der Waals surface area contributed by atoms with Crippen molar-refractivity contribution in [1.29, 1.82) is 0 Å². The molecule has 0 saturated carbocycles. The molecule has 75 valence electrons. The molecule has 0 atom stereocenters. The second kappa shape index (κ2) is 9.50. The van der Waals surface area contributed by atoms with Crippen LogP contribution in [0.5, 0.6) is 0 Å². The van der Waals surface area contributed by atoms with Crippen LogP contribution in [0.1, 0.15) is 51.4 Å². The molecule has 0 aromatic rings. The van der Waals surface area contributed by atoms with Crippen LogP contribution >= 0.6 is 0 Å². The van der Waals surface area contributed by atoms with Crippen molar-refractivity contribution in [3.05, 3.63) is 19.6 Å². The number of carbonyl (C=O) groups is 1. The SMILES string of the molecule is [CH2]C(=O)CCCCCCCCC=C. The van der Waals surface area contributed by atoms with Crippen LogP contribution in [0.15, 0.2) is 12.7 Å². The zero-order valence-corrected chi connectivity index (χ0v) is 8.56. The van der Waals surface area contributed by atoms with Crippen molar-refractivity contribution >= 4 is 5.78 Å². The van der Waals surface area contributed by atoms with Gasteiger partial charge in [0.15, 0.2) is 0 Å². The lowest BCUT2D eigenvalue weighted by Gasteiger charge is -1.99. The molecule has 0 aliphatic rings. The first-order valence-electron chi connectivity index (χ1n) is 5.23. The monoisotopic (exact) mass is 181 g/mol. The highest BCUT2D eigenvalue weighted by atomic mass is 16.1. The molecule has 0 amide bonds. The largest absolute Gasteiger partial charge is 0.300 e. The molecule has 0 spiro atoms. The van der Waals surface area contributed by atoms with Crippen LogP contribution in [-0.4, -0.2) is 5.78 Å². The number of Topliss-reactive ketones (excluding diaryl/α,β-unsaturated/α-hetero) is 1. The van der Waals surface area contributed by atoms with Gasteiger partial charge >= 0.3 is 0 Å². The van der Waals surface area contributed by atoms with Crippen molar-refractivity contribution in [3.63, 3.8) is 0 Å². The Morgan fingerprint density at radius 1 is 1.00 bits per heavy atom. The molecule has 1 heteroatoms. The van der Waals surface area contributed by atoms with Crippen LogP contribution < -0.4 is 0 Å². The maximum Gasteiger partial charge on any atom is 0.133 e. The topological polar surface area (TPSA) is 17.1 Å². The fourth-order valence-corrected chi connectivity index (χ4v) is 1.32. The van der Waals surface area contributed by atoms with Crippen LogP contribution in [0.4, 0.5) is 0 Å². The van der Waals surface area contributed by atoms with E-state index in [-0.39, 0.29) is 5.78 Å². The Bertz CT molecular complexity index is 138. The minimum Gasteiger partial charge on any atom is -0.300 e. The quantitative estimate of drug-likeness (QED) is 0.391. The van der Waals surface area contributed by atoms with Gasteiger partial charge in [-0.25, -0.2) is 0 Å². The van der Waals surface area contributed by atoms with Gasteiger partial charge in [0.1, 0.15) is 5.78 Å². The van der Waals surface area contributed by atoms with E-state index in [1.807, 2.05) is 6.08 Å². The Kier molecular flexibility index (Phi) is 9.07. The second-order valence-corrected chi connectivity index (χ2v) is 3.49. The smallest absolute Gasteiger partial charge is 0.133 e. The molecular formula is C12H21O. The predicted octanol–water partition coefficient (Wildman–Crippen LogP) is 3.70. The average Bonchev–Trinajstić information content (AvgIpc) is 2.09. The van der Waals surface area contributed by atoms with Gasteiger partial charge in [0.2, 0.25) is 0 Å². The minimum atomic E-state index is 0.0756. The van der Waals surface area contributed by atoms with Gasteiger partial charge in [-0.15, -0.1) is 6.58 Å². The third-order valence-electron chi connectivity index (χ3n) is 2.11. The molecule has 1 nitrogen and oxygen atoms in total. The van der Waals surface area contributed by atoms with E-state index < -0.39 is 0 Å². The first-order chi connectivity index (χ1) is 6.27. The van der Waals surface area contributed by atoms with Crippen LogP contribution in [-0.2, 0) is 4.79 Å². The van der Waals surface area contributed by atoms with Gasteiger partial charge in [-0.3, -0.25) is 4.79 Å². The Hall–Kier alpha value is -0.590. The van der Waals surface area contributed by atoms with E-state index in [4.69, 9.17) is 0 Å². The summed E-state index contributed by atoms with van der Waals surface area (Å²) in [4.78, 5) is 10.5. The van der Waals surface area contributed by atoms with Gasteiger partial charge in [-0.1, -0.05) is 31.8 Å². The Morgan fingerprint density at radius 2 is 1.54 bits per heavy atom. The van der Waals surface area contributed by atoms with Crippen LogP contribution in [0.2, 0.25) is 0 Å². The summed E-state index contributed by atoms with van der Waals surface area (Å²) >= 11 is 0. The lowest BCUT2D eigenvalue weighted by molar-refractivity contribution is -0.114. The Morgan fingerprint density at radius 3 is 2.08 bits per heavy atom. The molecule has 0 saturated heterocycles. The maximum atomic E-state index is 10.5. The van der Waals surface area contributed by atoms with Crippen molar-refractivity contribution in [1.82, 2.24) is 0 Å². The van der Waals surface area contributed by atoms with E-state index in [2.05, 4.69) is 13.5 Å². The highest BCUT2D eigenvalue weighted by molar-refractivity contribution is 5.82. The molecule has 0 heterocycles. The fourth-order valence-electron chi connectivity index (χ4n) is 1.32. The maximum absolute atomic E-state index is 10.5. The summed E-state index contributed by atoms with van der Waals surface area (Å²) in [7, 11) is 0. The van der Waals surface area contributed by atoms with Crippen molar-refractivity contribution in [2.75, 3.05) is 0 Å². The van der Waals surface area contributed by atoms with E-state index in [1.165, 1.54) is 32.1 Å². The summed E-state index contributed by atoms with van der Waals surface area (Å²) in [5.41, 5.74) is 0. The Labute approximate surface area is 82.2 Å². The lowest BCUT2D eigenvalue weighted by Crippen LogP contribution is -1.89. The molecule has 0 unspecified atom stereocenters. The third kappa shape index (κ3) is 11.4. The van der Waals surface area contributed by atoms with Crippen molar-refractivity contribution < 1.29 is 4.79 Å². The number of ketones is 1. The molecule has 0 aliphatic carbocycles. The van der Waals surface area contributed by atoms with E-state index >= 15 is 0 Å². The number of hydrogen-bond acceptors (Lipinski definition) is 1. The highest BCUT2D eigenvalue weighted by Crippen LogP contribution is 2.08. The Balaban J connectivity index is 2.91. The van der Waals surface area contributed by atoms with E-state index in [1.54, 1.807) is 0 Å². The normalized spacial score (nSPS) is 9.92. The first kappa shape index (κ1) is 12.4. The van der Waals surface area contributed by atoms with E-state index in [9.17, 15) is 4.79 Å². The van der Waals surface area contributed by atoms with Crippen LogP contribution in [0.25, 0.3) is 0 Å². The summed E-state index contributed by atoms with van der Waals surface area (Å²) in [6.45, 7) is 7.03. The molecule has 1 radical (unpaired) electrons. The molecule has 0 N–H and O–H groups in total. The van der Waals surface area contributed by atoms with Crippen LogP contribution in [0.3, 0.4) is 0 Å². The van der Waals surface area contributed by atoms with Gasteiger partial charge in [0, 0.05) is 13.3 Å². The van der Waals surface area contributed by atoms with Gasteiger partial charge < -0.3 is 0 Å². The number of allylic oxidation sites excluding steroid dienone is 1. The van der Waals surface area contributed by atoms with Crippen molar-refractivity contribution in [2.24, 2.45) is 0 Å². The van der Waals surface area contributed by atoms with Crippen LogP contribution in [0, 0.1) is 6.92 Å². The predicted molar refractivity (Wildman–Crippen MR) is 57.5 cm³/mol. The molecule has 0 aliphatic heterocycles. The number of hydrogen-bond donors (Lipinski definition) is 0. The molecule has 13 heavy (non-hydrogen) atoms. The minimum absolute atomic E-state index is 0.0756. The molecule has 0 aromatic heterocycles. The summed E-state index contributed by atoms with van der Waals surface area (Å²) in [6.07, 6.45) is 11.1. The summed E-state index contributed by atoms with van der Waals surface area (Å²) in [6, 6.07) is 0. The number of rotatable bonds is 9. The molecular weight excluding hydrogens is 160 g/mol. The number of unbranched alkanes of at least 4 members (excludes halogenated alkanes) is 6. The zero-order chi connectivity index (χ0) is 9.94. The first-order valence-corrected chi connectivity index (χ1v) is 5.23.